The number of aromatic nitrogens is 2. The van der Waals surface area contributed by atoms with Crippen LogP contribution in [-0.4, -0.2) is 32.8 Å². The van der Waals surface area contributed by atoms with Crippen molar-refractivity contribution in [2.24, 2.45) is 5.92 Å². The Morgan fingerprint density at radius 1 is 1.22 bits per heavy atom. The summed E-state index contributed by atoms with van der Waals surface area (Å²) in [5, 5.41) is 15.3. The molecule has 0 saturated carbocycles. The number of carbonyl (C=O) groups excluding carboxylic acids is 1. The van der Waals surface area contributed by atoms with Gasteiger partial charge in [0.2, 0.25) is 0 Å². The molecule has 1 aromatic carbocycles. The van der Waals surface area contributed by atoms with Gasteiger partial charge in [0.15, 0.2) is 5.69 Å². The molecule has 146 valence electrons. The van der Waals surface area contributed by atoms with Gasteiger partial charge in [-0.15, -0.1) is 0 Å². The zero-order valence-electron chi connectivity index (χ0n) is 15.0. The predicted molar refractivity (Wildman–Crippen MR) is 91.9 cm³/mol. The van der Waals surface area contributed by atoms with Crippen LogP contribution in [0.1, 0.15) is 53.6 Å². The average Bonchev–Trinajstić information content (AvgIpc) is 3.06. The van der Waals surface area contributed by atoms with Crippen molar-refractivity contribution in [3.8, 4) is 5.69 Å². The van der Waals surface area contributed by atoms with E-state index in [2.05, 4.69) is 10.4 Å². The van der Waals surface area contributed by atoms with Crippen LogP contribution in [-0.2, 0) is 6.18 Å². The number of aromatic carboxylic acids is 1. The Morgan fingerprint density at radius 3 is 2.30 bits per heavy atom. The highest BCUT2D eigenvalue weighted by Gasteiger charge is 2.40. The van der Waals surface area contributed by atoms with Crippen molar-refractivity contribution in [3.05, 3.63) is 47.3 Å². The van der Waals surface area contributed by atoms with Gasteiger partial charge >= 0.3 is 12.1 Å². The van der Waals surface area contributed by atoms with E-state index in [1.54, 1.807) is 0 Å². The number of carboxylic acids is 1. The number of hydrogen-bond donors (Lipinski definition) is 2. The molecular formula is C18H20F3N3O3. The molecular weight excluding hydrogens is 363 g/mol. The molecule has 0 aliphatic carbocycles. The number of nitrogens with one attached hydrogen (secondary N) is 1. The maximum absolute atomic E-state index is 13.3. The summed E-state index contributed by atoms with van der Waals surface area (Å²) < 4.78 is 40.3. The molecule has 0 radical (unpaired) electrons. The first-order valence-electron chi connectivity index (χ1n) is 8.36. The smallest absolute Gasteiger partial charge is 0.434 e. The largest absolute Gasteiger partial charge is 0.478 e. The molecule has 0 fully saturated rings. The molecule has 1 amide bonds. The molecule has 1 heterocycles. The van der Waals surface area contributed by atoms with Crippen LogP contribution in [0.25, 0.3) is 5.69 Å². The van der Waals surface area contributed by atoms with Gasteiger partial charge in [0, 0.05) is 11.6 Å². The number of nitrogens with zero attached hydrogens (tertiary/aromatic N) is 2. The van der Waals surface area contributed by atoms with Crippen LogP contribution < -0.4 is 5.32 Å². The minimum absolute atomic E-state index is 0.00125. The summed E-state index contributed by atoms with van der Waals surface area (Å²) in [4.78, 5) is 23.3. The minimum atomic E-state index is -4.90. The fraction of sp³-hybridized carbons (Fsp3) is 0.389. The molecule has 0 bridgehead atoms. The van der Waals surface area contributed by atoms with Gasteiger partial charge in [0.05, 0.1) is 11.9 Å². The number of rotatable bonds is 6. The molecule has 2 unspecified atom stereocenters. The fourth-order valence-corrected chi connectivity index (χ4v) is 2.51. The first-order valence-corrected chi connectivity index (χ1v) is 8.36. The van der Waals surface area contributed by atoms with Crippen molar-refractivity contribution in [2.45, 2.75) is 39.4 Å². The standard InChI is InChI=1S/C18H20F3N3O3/c1-4-10(2)11(3)23-16(25)12-5-7-13(8-6-12)24-15(18(19,20)21)14(9-22-24)17(26)27/h5-11H,4H2,1-3H3,(H,23,25)(H,26,27). The molecule has 0 spiro atoms. The summed E-state index contributed by atoms with van der Waals surface area (Å²) in [5.74, 6) is -1.78. The first kappa shape index (κ1) is 20.5. The summed E-state index contributed by atoms with van der Waals surface area (Å²) in [6.07, 6.45) is -3.35. The maximum Gasteiger partial charge on any atom is 0.434 e. The maximum atomic E-state index is 13.3. The third kappa shape index (κ3) is 4.47. The topological polar surface area (TPSA) is 84.2 Å². The van der Waals surface area contributed by atoms with E-state index < -0.39 is 23.4 Å². The molecule has 2 N–H and O–H groups in total. The Hall–Kier alpha value is -2.84. The van der Waals surface area contributed by atoms with E-state index in [-0.39, 0.29) is 29.1 Å². The summed E-state index contributed by atoms with van der Waals surface area (Å²) in [7, 11) is 0. The van der Waals surface area contributed by atoms with Gasteiger partial charge < -0.3 is 10.4 Å². The van der Waals surface area contributed by atoms with Gasteiger partial charge in [-0.25, -0.2) is 9.48 Å². The Balaban J connectivity index is 2.31. The second-order valence-corrected chi connectivity index (χ2v) is 6.32. The number of alkyl halides is 3. The van der Waals surface area contributed by atoms with Gasteiger partial charge in [-0.3, -0.25) is 4.79 Å². The van der Waals surface area contributed by atoms with E-state index in [1.807, 2.05) is 20.8 Å². The number of amides is 1. The van der Waals surface area contributed by atoms with Crippen LogP contribution in [0.3, 0.4) is 0 Å². The summed E-state index contributed by atoms with van der Waals surface area (Å²) >= 11 is 0. The SMILES string of the molecule is CCC(C)C(C)NC(=O)c1ccc(-n2ncc(C(=O)O)c2C(F)(F)F)cc1. The van der Waals surface area contributed by atoms with E-state index in [0.29, 0.717) is 10.9 Å². The highest BCUT2D eigenvalue weighted by atomic mass is 19.4. The van der Waals surface area contributed by atoms with Crippen molar-refractivity contribution in [1.82, 2.24) is 15.1 Å². The summed E-state index contributed by atoms with van der Waals surface area (Å²) in [6, 6.07) is 5.27. The van der Waals surface area contributed by atoms with Crippen molar-refractivity contribution < 1.29 is 27.9 Å². The van der Waals surface area contributed by atoms with Gasteiger partial charge in [0.25, 0.3) is 5.91 Å². The monoisotopic (exact) mass is 383 g/mol. The quantitative estimate of drug-likeness (QED) is 0.796. The highest BCUT2D eigenvalue weighted by molar-refractivity contribution is 5.94. The normalized spacial score (nSPS) is 13.9. The molecule has 6 nitrogen and oxygen atoms in total. The van der Waals surface area contributed by atoms with E-state index in [1.165, 1.54) is 24.3 Å². The number of carboxylic acid groups (broad SMARTS) is 1. The molecule has 2 aromatic rings. The number of carbonyl (C=O) groups is 2. The van der Waals surface area contributed by atoms with Gasteiger partial charge in [0.1, 0.15) is 5.56 Å². The van der Waals surface area contributed by atoms with Gasteiger partial charge in [-0.2, -0.15) is 18.3 Å². The minimum Gasteiger partial charge on any atom is -0.478 e. The van der Waals surface area contributed by atoms with Crippen LogP contribution in [0.2, 0.25) is 0 Å². The zero-order chi connectivity index (χ0) is 20.4. The lowest BCUT2D eigenvalue weighted by Gasteiger charge is -2.20. The lowest BCUT2D eigenvalue weighted by atomic mass is 10.0. The van der Waals surface area contributed by atoms with E-state index in [0.717, 1.165) is 6.42 Å². The number of benzene rings is 1. The number of hydrogen-bond acceptors (Lipinski definition) is 3. The van der Waals surface area contributed by atoms with E-state index in [9.17, 15) is 22.8 Å². The third-order valence-corrected chi connectivity index (χ3v) is 4.50. The lowest BCUT2D eigenvalue weighted by Crippen LogP contribution is -2.36. The molecule has 27 heavy (non-hydrogen) atoms. The van der Waals surface area contributed by atoms with Crippen LogP contribution in [0, 0.1) is 5.92 Å². The van der Waals surface area contributed by atoms with Crippen molar-refractivity contribution in [2.75, 3.05) is 0 Å². The Bertz CT molecular complexity index is 829. The first-order chi connectivity index (χ1) is 12.6. The lowest BCUT2D eigenvalue weighted by molar-refractivity contribution is -0.143. The van der Waals surface area contributed by atoms with Crippen molar-refractivity contribution in [1.29, 1.82) is 0 Å². The summed E-state index contributed by atoms with van der Waals surface area (Å²) in [5.41, 5.74) is -2.03. The zero-order valence-corrected chi connectivity index (χ0v) is 15.0. The fourth-order valence-electron chi connectivity index (χ4n) is 2.51. The molecule has 0 saturated heterocycles. The molecule has 1 aromatic heterocycles. The van der Waals surface area contributed by atoms with Crippen molar-refractivity contribution in [3.63, 3.8) is 0 Å². The summed E-state index contributed by atoms with van der Waals surface area (Å²) in [6.45, 7) is 5.90. The second kappa shape index (κ2) is 7.81. The molecule has 2 atom stereocenters. The Kier molecular flexibility index (Phi) is 5.92. The predicted octanol–water partition coefficient (Wildman–Crippen LogP) is 3.75. The molecule has 0 aliphatic heterocycles. The van der Waals surface area contributed by atoms with Gasteiger partial charge in [-0.1, -0.05) is 20.3 Å². The second-order valence-electron chi connectivity index (χ2n) is 6.32. The molecule has 9 heteroatoms. The van der Waals surface area contributed by atoms with Crippen molar-refractivity contribution >= 4 is 11.9 Å². The van der Waals surface area contributed by atoms with Crippen LogP contribution in [0.15, 0.2) is 30.5 Å². The van der Waals surface area contributed by atoms with Crippen LogP contribution in [0.4, 0.5) is 13.2 Å². The number of halogens is 3. The van der Waals surface area contributed by atoms with Gasteiger partial charge in [-0.05, 0) is 37.1 Å². The molecule has 0 aliphatic rings. The van der Waals surface area contributed by atoms with E-state index in [4.69, 9.17) is 5.11 Å². The Morgan fingerprint density at radius 2 is 1.81 bits per heavy atom. The van der Waals surface area contributed by atoms with E-state index >= 15 is 0 Å². The van der Waals surface area contributed by atoms with Crippen LogP contribution in [0.5, 0.6) is 0 Å². The average molecular weight is 383 g/mol. The highest BCUT2D eigenvalue weighted by Crippen LogP contribution is 2.33. The third-order valence-electron chi connectivity index (χ3n) is 4.50. The Labute approximate surface area is 154 Å². The van der Waals surface area contributed by atoms with Crippen LogP contribution >= 0.6 is 0 Å². The molecule has 2 rings (SSSR count).